The van der Waals surface area contributed by atoms with E-state index in [-0.39, 0.29) is 12.5 Å². The first kappa shape index (κ1) is 17.2. The van der Waals surface area contributed by atoms with E-state index in [4.69, 9.17) is 0 Å². The van der Waals surface area contributed by atoms with E-state index in [0.29, 0.717) is 24.1 Å². The number of hydrogen-bond acceptors (Lipinski definition) is 5. The number of imide groups is 1. The van der Waals surface area contributed by atoms with Crippen molar-refractivity contribution in [3.8, 4) is 10.6 Å². The van der Waals surface area contributed by atoms with Crippen molar-refractivity contribution in [1.82, 2.24) is 20.2 Å². The monoisotopic (exact) mass is 380 g/mol. The fourth-order valence-corrected chi connectivity index (χ4v) is 3.79. The van der Waals surface area contributed by atoms with Crippen LogP contribution >= 0.6 is 11.3 Å². The molecule has 2 N–H and O–H groups in total. The highest BCUT2D eigenvalue weighted by atomic mass is 32.1. The molecule has 3 heterocycles. The van der Waals surface area contributed by atoms with Crippen molar-refractivity contribution in [2.24, 2.45) is 0 Å². The molecular weight excluding hydrogens is 364 g/mol. The number of fused-ring (bicyclic) bond motifs is 1. The van der Waals surface area contributed by atoms with Crippen LogP contribution in [-0.4, -0.2) is 45.7 Å². The van der Waals surface area contributed by atoms with E-state index in [1.54, 1.807) is 41.9 Å². The van der Waals surface area contributed by atoms with Gasteiger partial charge in [-0.1, -0.05) is 18.2 Å². The number of aromatic amines is 1. The van der Waals surface area contributed by atoms with E-state index in [2.05, 4.69) is 15.3 Å². The number of rotatable bonds is 6. The van der Waals surface area contributed by atoms with Crippen molar-refractivity contribution in [3.05, 3.63) is 64.9 Å². The fourth-order valence-electron chi connectivity index (χ4n) is 3.05. The highest BCUT2D eigenvalue weighted by molar-refractivity contribution is 7.13. The van der Waals surface area contributed by atoms with Gasteiger partial charge in [-0.15, -0.1) is 11.3 Å². The van der Waals surface area contributed by atoms with Gasteiger partial charge in [0.25, 0.3) is 11.8 Å². The van der Waals surface area contributed by atoms with Gasteiger partial charge >= 0.3 is 0 Å². The Bertz CT molecular complexity index is 975. The number of imidazole rings is 1. The number of aromatic nitrogens is 2. The van der Waals surface area contributed by atoms with Crippen LogP contribution in [0.1, 0.15) is 26.4 Å². The number of hydrogen-bond donors (Lipinski definition) is 2. The summed E-state index contributed by atoms with van der Waals surface area (Å²) in [4.78, 5) is 46.2. The first-order chi connectivity index (χ1) is 13.1. The first-order valence-electron chi connectivity index (χ1n) is 8.43. The van der Waals surface area contributed by atoms with Gasteiger partial charge < -0.3 is 10.3 Å². The molecule has 136 valence electrons. The molecule has 0 bridgehead atoms. The SMILES string of the molecule is O=C(CN1C(=O)c2ccccc2C1=O)NCCc1[nH]cnc1-c1cccs1. The van der Waals surface area contributed by atoms with Crippen LogP contribution in [0.25, 0.3) is 10.6 Å². The molecule has 1 aromatic carbocycles. The predicted octanol–water partition coefficient (Wildman–Crippen LogP) is 2.09. The third-order valence-corrected chi connectivity index (χ3v) is 5.23. The third kappa shape index (κ3) is 3.26. The molecule has 0 spiro atoms. The maximum absolute atomic E-state index is 12.3. The summed E-state index contributed by atoms with van der Waals surface area (Å²) in [5.74, 6) is -1.24. The number of thiophene rings is 1. The van der Waals surface area contributed by atoms with Crippen molar-refractivity contribution < 1.29 is 14.4 Å². The molecule has 1 aliphatic rings. The molecule has 0 atom stereocenters. The van der Waals surface area contributed by atoms with Crippen LogP contribution < -0.4 is 5.32 Å². The topological polar surface area (TPSA) is 95.2 Å². The van der Waals surface area contributed by atoms with E-state index < -0.39 is 11.8 Å². The lowest BCUT2D eigenvalue weighted by atomic mass is 10.1. The zero-order valence-corrected chi connectivity index (χ0v) is 15.1. The summed E-state index contributed by atoms with van der Waals surface area (Å²) in [6.07, 6.45) is 2.20. The van der Waals surface area contributed by atoms with Gasteiger partial charge in [0.15, 0.2) is 0 Å². The Hall–Kier alpha value is -3.26. The predicted molar refractivity (Wildman–Crippen MR) is 100 cm³/mol. The van der Waals surface area contributed by atoms with Crippen LogP contribution in [-0.2, 0) is 11.2 Å². The molecule has 2 aromatic heterocycles. The van der Waals surface area contributed by atoms with Crippen LogP contribution in [0, 0.1) is 0 Å². The van der Waals surface area contributed by atoms with E-state index in [1.165, 1.54) is 0 Å². The summed E-state index contributed by atoms with van der Waals surface area (Å²) < 4.78 is 0. The largest absolute Gasteiger partial charge is 0.354 e. The standard InChI is InChI=1S/C19H16N4O3S/c24-16(10-23-18(25)12-4-1-2-5-13(12)19(23)26)20-8-7-14-17(22-11-21-14)15-6-3-9-27-15/h1-6,9,11H,7-8,10H2,(H,20,24)(H,21,22). The molecule has 0 radical (unpaired) electrons. The second kappa shape index (κ2) is 7.16. The maximum Gasteiger partial charge on any atom is 0.262 e. The third-order valence-electron chi connectivity index (χ3n) is 4.35. The Morgan fingerprint density at radius 1 is 1.11 bits per heavy atom. The van der Waals surface area contributed by atoms with Crippen molar-refractivity contribution >= 4 is 29.1 Å². The zero-order chi connectivity index (χ0) is 18.8. The summed E-state index contributed by atoms with van der Waals surface area (Å²) >= 11 is 1.60. The summed E-state index contributed by atoms with van der Waals surface area (Å²) in [5.41, 5.74) is 2.49. The number of carbonyl (C=O) groups excluding carboxylic acids is 3. The minimum Gasteiger partial charge on any atom is -0.354 e. The number of nitrogens with one attached hydrogen (secondary N) is 2. The smallest absolute Gasteiger partial charge is 0.262 e. The lowest BCUT2D eigenvalue weighted by Crippen LogP contribution is -2.40. The van der Waals surface area contributed by atoms with Crippen LogP contribution in [0.2, 0.25) is 0 Å². The molecule has 0 saturated carbocycles. The molecule has 0 unspecified atom stereocenters. The molecule has 1 aliphatic heterocycles. The van der Waals surface area contributed by atoms with Gasteiger partial charge in [0, 0.05) is 18.7 Å². The van der Waals surface area contributed by atoms with E-state index in [9.17, 15) is 14.4 Å². The molecule has 0 aliphatic carbocycles. The number of carbonyl (C=O) groups is 3. The maximum atomic E-state index is 12.3. The molecule has 8 heteroatoms. The highest BCUT2D eigenvalue weighted by Crippen LogP contribution is 2.25. The summed E-state index contributed by atoms with van der Waals surface area (Å²) in [6, 6.07) is 10.5. The molecule has 27 heavy (non-hydrogen) atoms. The Morgan fingerprint density at radius 3 is 2.52 bits per heavy atom. The molecule has 3 amide bonds. The summed E-state index contributed by atoms with van der Waals surface area (Å²) in [5, 5.41) is 4.74. The van der Waals surface area contributed by atoms with Crippen LogP contribution in [0.15, 0.2) is 48.1 Å². The molecule has 3 aromatic rings. The average Bonchev–Trinajstić information content (AvgIpc) is 3.40. The van der Waals surface area contributed by atoms with Gasteiger partial charge in [-0.05, 0) is 23.6 Å². The first-order valence-corrected chi connectivity index (χ1v) is 9.31. The molecular formula is C19H16N4O3S. The summed E-state index contributed by atoms with van der Waals surface area (Å²) in [6.45, 7) is 0.0929. The zero-order valence-electron chi connectivity index (χ0n) is 14.3. The number of H-pyrrole nitrogens is 1. The number of nitrogens with zero attached hydrogens (tertiary/aromatic N) is 2. The second-order valence-electron chi connectivity index (χ2n) is 6.05. The van der Waals surface area contributed by atoms with Crippen LogP contribution in [0.5, 0.6) is 0 Å². The Morgan fingerprint density at radius 2 is 1.85 bits per heavy atom. The van der Waals surface area contributed by atoms with Crippen molar-refractivity contribution in [2.45, 2.75) is 6.42 Å². The van der Waals surface area contributed by atoms with E-state index in [0.717, 1.165) is 21.2 Å². The van der Waals surface area contributed by atoms with Crippen LogP contribution in [0.4, 0.5) is 0 Å². The minimum absolute atomic E-state index is 0.285. The number of amides is 3. The van der Waals surface area contributed by atoms with Gasteiger partial charge in [-0.2, -0.15) is 0 Å². The van der Waals surface area contributed by atoms with Crippen molar-refractivity contribution in [1.29, 1.82) is 0 Å². The van der Waals surface area contributed by atoms with Gasteiger partial charge in [0.1, 0.15) is 12.2 Å². The quantitative estimate of drug-likeness (QED) is 0.640. The number of benzene rings is 1. The Labute approximate surface area is 159 Å². The lowest BCUT2D eigenvalue weighted by molar-refractivity contribution is -0.121. The van der Waals surface area contributed by atoms with Crippen molar-refractivity contribution in [3.63, 3.8) is 0 Å². The second-order valence-corrected chi connectivity index (χ2v) is 7.00. The summed E-state index contributed by atoms with van der Waals surface area (Å²) in [7, 11) is 0. The molecule has 4 rings (SSSR count). The average molecular weight is 380 g/mol. The van der Waals surface area contributed by atoms with Gasteiger partial charge in [0.2, 0.25) is 5.91 Å². The highest BCUT2D eigenvalue weighted by Gasteiger charge is 2.36. The molecule has 7 nitrogen and oxygen atoms in total. The normalized spacial score (nSPS) is 13.1. The van der Waals surface area contributed by atoms with Gasteiger partial charge in [0.05, 0.1) is 22.3 Å². The fraction of sp³-hybridized carbons (Fsp3) is 0.158. The van der Waals surface area contributed by atoms with E-state index in [1.807, 2.05) is 17.5 Å². The van der Waals surface area contributed by atoms with Gasteiger partial charge in [-0.25, -0.2) is 4.98 Å². The van der Waals surface area contributed by atoms with Crippen molar-refractivity contribution in [2.75, 3.05) is 13.1 Å². The minimum atomic E-state index is -0.431. The van der Waals surface area contributed by atoms with E-state index >= 15 is 0 Å². The molecule has 0 fully saturated rings. The lowest BCUT2D eigenvalue weighted by Gasteiger charge is -2.13. The van der Waals surface area contributed by atoms with Crippen LogP contribution in [0.3, 0.4) is 0 Å². The molecule has 0 saturated heterocycles. The Balaban J connectivity index is 1.33. The Kier molecular flexibility index (Phi) is 4.55. The van der Waals surface area contributed by atoms with Gasteiger partial charge in [-0.3, -0.25) is 19.3 Å².